The molecule has 0 aliphatic carbocycles. The van der Waals surface area contributed by atoms with E-state index in [0.29, 0.717) is 0 Å². The zero-order valence-electron chi connectivity index (χ0n) is 11.1. The molecule has 0 saturated heterocycles. The first-order valence-corrected chi connectivity index (χ1v) is 7.33. The monoisotopic (exact) mass is 260 g/mol. The zero-order valence-corrected chi connectivity index (χ0v) is 11.9. The van der Waals surface area contributed by atoms with E-state index >= 15 is 0 Å². The fraction of sp³-hybridized carbons (Fsp3) is 0.400. The molecular formula is C15H20N2S. The average molecular weight is 260 g/mol. The Labute approximate surface area is 113 Å². The second-order valence-corrected chi connectivity index (χ2v) is 5.50. The Kier molecular flexibility index (Phi) is 4.90. The predicted octanol–water partition coefficient (Wildman–Crippen LogP) is 3.66. The Bertz CT molecular complexity index is 473. The van der Waals surface area contributed by atoms with Gasteiger partial charge < -0.3 is 5.32 Å². The molecule has 1 aromatic carbocycles. The summed E-state index contributed by atoms with van der Waals surface area (Å²) in [6.07, 6.45) is 3.52. The maximum absolute atomic E-state index is 4.71. The van der Waals surface area contributed by atoms with Gasteiger partial charge in [-0.15, -0.1) is 11.3 Å². The number of hydrogen-bond acceptors (Lipinski definition) is 3. The summed E-state index contributed by atoms with van der Waals surface area (Å²) in [7, 11) is 2.00. The number of hydrogen-bond donors (Lipinski definition) is 1. The van der Waals surface area contributed by atoms with Crippen LogP contribution in [0.15, 0.2) is 29.6 Å². The summed E-state index contributed by atoms with van der Waals surface area (Å²) in [4.78, 5) is 4.71. The van der Waals surface area contributed by atoms with Gasteiger partial charge in [-0.2, -0.15) is 0 Å². The fourth-order valence-corrected chi connectivity index (χ4v) is 2.71. The lowest BCUT2D eigenvalue weighted by Gasteiger charge is -1.98. The topological polar surface area (TPSA) is 24.9 Å². The van der Waals surface area contributed by atoms with Crippen LogP contribution in [-0.4, -0.2) is 18.6 Å². The van der Waals surface area contributed by atoms with Crippen molar-refractivity contribution in [2.45, 2.75) is 26.2 Å². The van der Waals surface area contributed by atoms with Crippen molar-refractivity contribution >= 4 is 11.3 Å². The quantitative estimate of drug-likeness (QED) is 0.802. The normalized spacial score (nSPS) is 10.8. The lowest BCUT2D eigenvalue weighted by Crippen LogP contribution is -2.07. The van der Waals surface area contributed by atoms with Crippen molar-refractivity contribution in [3.8, 4) is 11.3 Å². The highest BCUT2D eigenvalue weighted by molar-refractivity contribution is 7.09. The number of rotatable bonds is 6. The highest BCUT2D eigenvalue weighted by atomic mass is 32.1. The Morgan fingerprint density at radius 1 is 1.17 bits per heavy atom. The summed E-state index contributed by atoms with van der Waals surface area (Å²) in [6, 6.07) is 8.58. The summed E-state index contributed by atoms with van der Waals surface area (Å²) in [6.45, 7) is 3.20. The molecule has 18 heavy (non-hydrogen) atoms. The standard InChI is InChI=1S/C15H20N2S/c1-12-6-8-13(9-7-12)14-11-18-15(17-14)5-3-4-10-16-2/h6-9,11,16H,3-5,10H2,1-2H3. The largest absolute Gasteiger partial charge is 0.320 e. The summed E-state index contributed by atoms with van der Waals surface area (Å²) in [5, 5.41) is 6.59. The molecule has 2 rings (SSSR count). The third-order valence-electron chi connectivity index (χ3n) is 2.97. The molecule has 1 aromatic heterocycles. The Morgan fingerprint density at radius 2 is 1.94 bits per heavy atom. The first kappa shape index (κ1) is 13.2. The predicted molar refractivity (Wildman–Crippen MR) is 79.2 cm³/mol. The van der Waals surface area contributed by atoms with Gasteiger partial charge in [0, 0.05) is 10.9 Å². The molecule has 0 aliphatic heterocycles. The number of nitrogens with zero attached hydrogens (tertiary/aromatic N) is 1. The van der Waals surface area contributed by atoms with Crippen LogP contribution in [0, 0.1) is 6.92 Å². The first-order chi connectivity index (χ1) is 8.79. The molecule has 3 heteroatoms. The van der Waals surface area contributed by atoms with Crippen molar-refractivity contribution in [3.05, 3.63) is 40.2 Å². The molecule has 96 valence electrons. The molecule has 2 aromatic rings. The van der Waals surface area contributed by atoms with E-state index in [1.165, 1.54) is 29.0 Å². The molecule has 0 bridgehead atoms. The Hall–Kier alpha value is -1.19. The molecule has 0 spiro atoms. The highest BCUT2D eigenvalue weighted by Gasteiger charge is 2.04. The van der Waals surface area contributed by atoms with E-state index in [9.17, 15) is 0 Å². The van der Waals surface area contributed by atoms with Crippen LogP contribution < -0.4 is 5.32 Å². The molecule has 0 fully saturated rings. The SMILES string of the molecule is CNCCCCc1nc(-c2ccc(C)cc2)cs1. The minimum Gasteiger partial charge on any atom is -0.320 e. The lowest BCUT2D eigenvalue weighted by molar-refractivity contribution is 0.676. The van der Waals surface area contributed by atoms with Crippen molar-refractivity contribution in [2.24, 2.45) is 0 Å². The van der Waals surface area contributed by atoms with Gasteiger partial charge in [0.2, 0.25) is 0 Å². The van der Waals surface area contributed by atoms with Crippen LogP contribution in [0.2, 0.25) is 0 Å². The van der Waals surface area contributed by atoms with Gasteiger partial charge in [0.05, 0.1) is 10.7 Å². The average Bonchev–Trinajstić information content (AvgIpc) is 2.84. The maximum atomic E-state index is 4.71. The van der Waals surface area contributed by atoms with E-state index in [1.54, 1.807) is 11.3 Å². The highest BCUT2D eigenvalue weighted by Crippen LogP contribution is 2.23. The van der Waals surface area contributed by atoms with E-state index in [1.807, 2.05) is 7.05 Å². The molecule has 0 atom stereocenters. The molecule has 1 N–H and O–H groups in total. The van der Waals surface area contributed by atoms with Gasteiger partial charge in [-0.25, -0.2) is 4.98 Å². The maximum Gasteiger partial charge on any atom is 0.0932 e. The van der Waals surface area contributed by atoms with Gasteiger partial charge in [0.25, 0.3) is 0 Å². The van der Waals surface area contributed by atoms with Crippen molar-refractivity contribution in [3.63, 3.8) is 0 Å². The Balaban J connectivity index is 1.95. The van der Waals surface area contributed by atoms with Crippen molar-refractivity contribution in [1.29, 1.82) is 0 Å². The van der Waals surface area contributed by atoms with Gasteiger partial charge in [0.1, 0.15) is 0 Å². The number of aromatic nitrogens is 1. The smallest absolute Gasteiger partial charge is 0.0932 e. The molecule has 0 radical (unpaired) electrons. The van der Waals surface area contributed by atoms with E-state index < -0.39 is 0 Å². The number of unbranched alkanes of at least 4 members (excludes halogenated alkanes) is 1. The van der Waals surface area contributed by atoms with Gasteiger partial charge in [-0.1, -0.05) is 29.8 Å². The summed E-state index contributed by atoms with van der Waals surface area (Å²) >= 11 is 1.78. The molecular weight excluding hydrogens is 240 g/mol. The van der Waals surface area contributed by atoms with Crippen LogP contribution in [0.3, 0.4) is 0 Å². The van der Waals surface area contributed by atoms with Crippen molar-refractivity contribution in [1.82, 2.24) is 10.3 Å². The van der Waals surface area contributed by atoms with Crippen LogP contribution in [-0.2, 0) is 6.42 Å². The number of nitrogens with one attached hydrogen (secondary N) is 1. The van der Waals surface area contributed by atoms with Crippen LogP contribution in [0.1, 0.15) is 23.4 Å². The summed E-state index contributed by atoms with van der Waals surface area (Å²) in [5.41, 5.74) is 3.63. The molecule has 0 aliphatic rings. The number of aryl methyl sites for hydroxylation is 2. The van der Waals surface area contributed by atoms with E-state index in [2.05, 4.69) is 41.9 Å². The molecule has 0 amide bonds. The van der Waals surface area contributed by atoms with Crippen LogP contribution >= 0.6 is 11.3 Å². The van der Waals surface area contributed by atoms with Crippen LogP contribution in [0.25, 0.3) is 11.3 Å². The lowest BCUT2D eigenvalue weighted by atomic mass is 10.1. The summed E-state index contributed by atoms with van der Waals surface area (Å²) < 4.78 is 0. The Morgan fingerprint density at radius 3 is 2.67 bits per heavy atom. The van der Waals surface area contributed by atoms with Crippen LogP contribution in [0.5, 0.6) is 0 Å². The second-order valence-electron chi connectivity index (χ2n) is 4.55. The molecule has 0 saturated carbocycles. The van der Waals surface area contributed by atoms with Gasteiger partial charge in [0.15, 0.2) is 0 Å². The molecule has 2 nitrogen and oxygen atoms in total. The third kappa shape index (κ3) is 3.65. The summed E-state index contributed by atoms with van der Waals surface area (Å²) in [5.74, 6) is 0. The zero-order chi connectivity index (χ0) is 12.8. The molecule has 0 unspecified atom stereocenters. The van der Waals surface area contributed by atoms with Crippen LogP contribution in [0.4, 0.5) is 0 Å². The fourth-order valence-electron chi connectivity index (χ4n) is 1.86. The number of benzene rings is 1. The van der Waals surface area contributed by atoms with Gasteiger partial charge in [-0.3, -0.25) is 0 Å². The van der Waals surface area contributed by atoms with E-state index in [4.69, 9.17) is 4.98 Å². The first-order valence-electron chi connectivity index (χ1n) is 6.45. The third-order valence-corrected chi connectivity index (χ3v) is 3.88. The minimum absolute atomic E-state index is 1.09. The van der Waals surface area contributed by atoms with E-state index in [-0.39, 0.29) is 0 Å². The molecule has 1 heterocycles. The second kappa shape index (κ2) is 6.66. The number of thiazole rings is 1. The van der Waals surface area contributed by atoms with E-state index in [0.717, 1.165) is 18.7 Å². The van der Waals surface area contributed by atoms with Crippen molar-refractivity contribution < 1.29 is 0 Å². The van der Waals surface area contributed by atoms with Gasteiger partial charge in [-0.05, 0) is 39.8 Å². The van der Waals surface area contributed by atoms with Crippen molar-refractivity contribution in [2.75, 3.05) is 13.6 Å². The minimum atomic E-state index is 1.09. The van der Waals surface area contributed by atoms with Gasteiger partial charge >= 0.3 is 0 Å².